The highest BCUT2D eigenvalue weighted by atomic mass is 35.5. The SMILES string of the molecule is Cc1cc2sc(N3C(=O)C(=O)/C(=C(/O)c4ccc(OCc5ccccc5)c(C)c4)C3c3cccnc3)nc2cc1Cl. The zero-order chi connectivity index (χ0) is 28.7. The molecule has 7 nitrogen and oxygen atoms in total. The van der Waals surface area contributed by atoms with Crippen LogP contribution in [0.5, 0.6) is 5.75 Å². The Hall–Kier alpha value is -4.53. The number of halogens is 1. The predicted octanol–water partition coefficient (Wildman–Crippen LogP) is 7.17. The van der Waals surface area contributed by atoms with Gasteiger partial charge in [-0.2, -0.15) is 0 Å². The van der Waals surface area contributed by atoms with Crippen LogP contribution in [0.25, 0.3) is 16.0 Å². The van der Waals surface area contributed by atoms with Crippen molar-refractivity contribution in [3.63, 3.8) is 0 Å². The van der Waals surface area contributed by atoms with Gasteiger partial charge in [0.1, 0.15) is 18.1 Å². The summed E-state index contributed by atoms with van der Waals surface area (Å²) in [4.78, 5) is 37.2. The molecule has 204 valence electrons. The number of carbonyl (C=O) groups excluding carboxylic acids is 2. The van der Waals surface area contributed by atoms with Crippen LogP contribution in [0.1, 0.15) is 33.9 Å². The fourth-order valence-electron chi connectivity index (χ4n) is 4.87. The number of pyridine rings is 1. The maximum atomic E-state index is 13.5. The van der Waals surface area contributed by atoms with Crippen molar-refractivity contribution < 1.29 is 19.4 Å². The molecule has 1 fully saturated rings. The van der Waals surface area contributed by atoms with Gasteiger partial charge in [0, 0.05) is 23.0 Å². The first kappa shape index (κ1) is 26.7. The van der Waals surface area contributed by atoms with Crippen LogP contribution in [0.4, 0.5) is 5.13 Å². The molecule has 1 aliphatic rings. The molecule has 0 bridgehead atoms. The Bertz CT molecular complexity index is 1800. The van der Waals surface area contributed by atoms with Crippen molar-refractivity contribution >= 4 is 55.7 Å². The molecule has 1 saturated heterocycles. The number of aliphatic hydroxyl groups excluding tert-OH is 1. The van der Waals surface area contributed by atoms with E-state index in [2.05, 4.69) is 9.97 Å². The van der Waals surface area contributed by atoms with E-state index in [1.54, 1.807) is 48.8 Å². The molecule has 3 heterocycles. The monoisotopic (exact) mass is 581 g/mol. The zero-order valence-electron chi connectivity index (χ0n) is 22.2. The summed E-state index contributed by atoms with van der Waals surface area (Å²) in [6.45, 7) is 4.15. The van der Waals surface area contributed by atoms with E-state index in [9.17, 15) is 14.7 Å². The lowest BCUT2D eigenvalue weighted by molar-refractivity contribution is -0.132. The maximum Gasteiger partial charge on any atom is 0.301 e. The molecule has 1 unspecified atom stereocenters. The lowest BCUT2D eigenvalue weighted by atomic mass is 9.96. The summed E-state index contributed by atoms with van der Waals surface area (Å²) in [5.74, 6) is -1.20. The number of nitrogens with zero attached hydrogens (tertiary/aromatic N) is 3. The number of thiazole rings is 1. The first-order chi connectivity index (χ1) is 19.8. The molecule has 1 N–H and O–H groups in total. The van der Waals surface area contributed by atoms with Crippen LogP contribution in [0.15, 0.2) is 90.8 Å². The van der Waals surface area contributed by atoms with Gasteiger partial charge >= 0.3 is 5.91 Å². The molecule has 3 aromatic carbocycles. The maximum absolute atomic E-state index is 13.5. The Morgan fingerprint density at radius 2 is 1.83 bits per heavy atom. The summed E-state index contributed by atoms with van der Waals surface area (Å²) in [5, 5.41) is 12.4. The van der Waals surface area contributed by atoms with Crippen LogP contribution in [0.3, 0.4) is 0 Å². The number of ketones is 1. The van der Waals surface area contributed by atoms with Gasteiger partial charge in [-0.05, 0) is 72.5 Å². The number of Topliss-reactive ketones (excluding diaryl/α,β-unsaturated/α-hetero) is 1. The Balaban J connectivity index is 1.41. The van der Waals surface area contributed by atoms with E-state index in [4.69, 9.17) is 16.3 Å². The molecule has 9 heteroatoms. The second kappa shape index (κ2) is 10.8. The number of amides is 1. The summed E-state index contributed by atoms with van der Waals surface area (Å²) in [7, 11) is 0. The number of aromatic nitrogens is 2. The minimum atomic E-state index is -0.921. The average molecular weight is 582 g/mol. The van der Waals surface area contributed by atoms with Gasteiger partial charge in [0.25, 0.3) is 5.78 Å². The first-order valence-corrected chi connectivity index (χ1v) is 14.1. The smallest absolute Gasteiger partial charge is 0.301 e. The van der Waals surface area contributed by atoms with Gasteiger partial charge in [0.05, 0.1) is 21.8 Å². The van der Waals surface area contributed by atoms with Crippen molar-refractivity contribution in [1.29, 1.82) is 0 Å². The second-order valence-corrected chi connectivity index (χ2v) is 11.2. The zero-order valence-corrected chi connectivity index (χ0v) is 23.7. The summed E-state index contributed by atoms with van der Waals surface area (Å²) in [6, 6.07) is 21.2. The third-order valence-electron chi connectivity index (χ3n) is 6.99. The summed E-state index contributed by atoms with van der Waals surface area (Å²) < 4.78 is 6.81. The number of rotatable bonds is 6. The molecule has 41 heavy (non-hydrogen) atoms. The van der Waals surface area contributed by atoms with Crippen LogP contribution in [-0.4, -0.2) is 26.8 Å². The van der Waals surface area contributed by atoms with Crippen LogP contribution in [0, 0.1) is 13.8 Å². The minimum Gasteiger partial charge on any atom is -0.507 e. The van der Waals surface area contributed by atoms with Crippen LogP contribution < -0.4 is 9.64 Å². The van der Waals surface area contributed by atoms with Crippen LogP contribution >= 0.6 is 22.9 Å². The number of hydrogen-bond donors (Lipinski definition) is 1. The number of ether oxygens (including phenoxy) is 1. The Morgan fingerprint density at radius 1 is 1.02 bits per heavy atom. The predicted molar refractivity (Wildman–Crippen MR) is 160 cm³/mol. The van der Waals surface area contributed by atoms with E-state index in [0.717, 1.165) is 21.4 Å². The summed E-state index contributed by atoms with van der Waals surface area (Å²) in [5.41, 5.74) is 4.24. The number of aliphatic hydroxyl groups is 1. The van der Waals surface area contributed by atoms with Crippen LogP contribution in [-0.2, 0) is 16.2 Å². The van der Waals surface area contributed by atoms with Crippen molar-refractivity contribution in [3.05, 3.63) is 124 Å². The molecule has 1 aliphatic heterocycles. The lowest BCUT2D eigenvalue weighted by Crippen LogP contribution is -2.29. The first-order valence-electron chi connectivity index (χ1n) is 12.9. The minimum absolute atomic E-state index is 0.0335. The number of benzene rings is 3. The topological polar surface area (TPSA) is 92.6 Å². The van der Waals surface area contributed by atoms with Gasteiger partial charge in [-0.15, -0.1) is 0 Å². The molecule has 1 atom stereocenters. The molecule has 0 aliphatic carbocycles. The highest BCUT2D eigenvalue weighted by molar-refractivity contribution is 7.22. The van der Waals surface area contributed by atoms with Crippen molar-refractivity contribution in [2.75, 3.05) is 4.90 Å². The van der Waals surface area contributed by atoms with E-state index in [1.807, 2.05) is 50.2 Å². The number of hydrogen-bond acceptors (Lipinski definition) is 7. The second-order valence-electron chi connectivity index (χ2n) is 9.78. The molecule has 0 saturated carbocycles. The summed E-state index contributed by atoms with van der Waals surface area (Å²) in [6.07, 6.45) is 3.19. The van der Waals surface area contributed by atoms with E-state index in [-0.39, 0.29) is 11.3 Å². The number of aryl methyl sites for hydroxylation is 2. The standard InChI is InChI=1S/C32H24ClN3O4S/c1-18-14-26-24(15-23(18)33)35-32(41-26)36-28(22-9-6-12-34-16-22)27(30(38)31(36)39)29(37)21-10-11-25(19(2)13-21)40-17-20-7-4-3-5-8-20/h3-16,28,37H,17H2,1-2H3/b29-27+. The van der Waals surface area contributed by atoms with E-state index < -0.39 is 17.7 Å². The van der Waals surface area contributed by atoms with Crippen molar-refractivity contribution in [3.8, 4) is 5.75 Å². The molecule has 0 spiro atoms. The van der Waals surface area contributed by atoms with Gasteiger partial charge in [0.15, 0.2) is 5.13 Å². The molecule has 6 rings (SSSR count). The molecule has 5 aromatic rings. The highest BCUT2D eigenvalue weighted by Crippen LogP contribution is 2.44. The molecule has 0 radical (unpaired) electrons. The summed E-state index contributed by atoms with van der Waals surface area (Å²) >= 11 is 7.59. The van der Waals surface area contributed by atoms with Crippen molar-refractivity contribution in [1.82, 2.24) is 9.97 Å². The third-order valence-corrected chi connectivity index (χ3v) is 8.42. The Morgan fingerprint density at radius 3 is 2.56 bits per heavy atom. The quantitative estimate of drug-likeness (QED) is 0.130. The normalized spacial score (nSPS) is 16.5. The number of carbonyl (C=O) groups is 2. The van der Waals surface area contributed by atoms with E-state index in [0.29, 0.717) is 39.2 Å². The van der Waals surface area contributed by atoms with Gasteiger partial charge in [0.2, 0.25) is 0 Å². The Labute approximate surface area is 245 Å². The molecule has 1 amide bonds. The van der Waals surface area contributed by atoms with E-state index in [1.165, 1.54) is 16.2 Å². The fraction of sp³-hybridized carbons (Fsp3) is 0.125. The third kappa shape index (κ3) is 4.96. The fourth-order valence-corrected chi connectivity index (χ4v) is 6.10. The Kier molecular flexibility index (Phi) is 7.03. The lowest BCUT2D eigenvalue weighted by Gasteiger charge is -2.22. The van der Waals surface area contributed by atoms with Gasteiger partial charge in [-0.3, -0.25) is 19.5 Å². The van der Waals surface area contributed by atoms with Gasteiger partial charge in [-0.1, -0.05) is 59.3 Å². The average Bonchev–Trinajstić information content (AvgIpc) is 3.50. The van der Waals surface area contributed by atoms with Gasteiger partial charge < -0.3 is 9.84 Å². The van der Waals surface area contributed by atoms with Gasteiger partial charge in [-0.25, -0.2) is 4.98 Å². The largest absolute Gasteiger partial charge is 0.507 e. The highest BCUT2D eigenvalue weighted by Gasteiger charge is 2.48. The van der Waals surface area contributed by atoms with E-state index >= 15 is 0 Å². The molecular weight excluding hydrogens is 558 g/mol. The number of anilines is 1. The number of fused-ring (bicyclic) bond motifs is 1. The molecular formula is C32H24ClN3O4S. The van der Waals surface area contributed by atoms with Crippen molar-refractivity contribution in [2.24, 2.45) is 0 Å². The van der Waals surface area contributed by atoms with Crippen LogP contribution in [0.2, 0.25) is 5.02 Å². The van der Waals surface area contributed by atoms with Crippen molar-refractivity contribution in [2.45, 2.75) is 26.5 Å². The molecule has 2 aromatic heterocycles.